The summed E-state index contributed by atoms with van der Waals surface area (Å²) in [5, 5.41) is 4.08. The molecule has 1 saturated heterocycles. The first-order valence-electron chi connectivity index (χ1n) is 4.39. The number of ether oxygens (including phenoxy) is 1. The highest BCUT2D eigenvalue weighted by atomic mass is 35.5. The van der Waals surface area contributed by atoms with Crippen molar-refractivity contribution in [2.45, 2.75) is 19.2 Å². The Morgan fingerprint density at radius 1 is 1.38 bits per heavy atom. The molecule has 0 spiro atoms. The van der Waals surface area contributed by atoms with Crippen LogP contribution in [0, 0.1) is 0 Å². The first-order chi connectivity index (χ1) is 6.25. The van der Waals surface area contributed by atoms with Crippen molar-refractivity contribution in [2.24, 2.45) is 0 Å². The van der Waals surface area contributed by atoms with E-state index in [0.29, 0.717) is 6.04 Å². The molecule has 0 radical (unpaired) electrons. The fourth-order valence-electron chi connectivity index (χ4n) is 1.43. The van der Waals surface area contributed by atoms with Crippen molar-refractivity contribution in [2.75, 3.05) is 6.61 Å². The van der Waals surface area contributed by atoms with Crippen LogP contribution in [0.3, 0.4) is 0 Å². The Bertz CT molecular complexity index is 285. The Labute approximate surface area is 82.9 Å². The zero-order valence-electron chi connectivity index (χ0n) is 7.46. The fraction of sp³-hybridized carbons (Fsp3) is 0.400. The van der Waals surface area contributed by atoms with E-state index in [-0.39, 0.29) is 6.23 Å². The summed E-state index contributed by atoms with van der Waals surface area (Å²) in [6.45, 7) is 2.88. The van der Waals surface area contributed by atoms with Gasteiger partial charge in [0, 0.05) is 11.1 Å². The first kappa shape index (κ1) is 9.00. The molecule has 1 aromatic carbocycles. The van der Waals surface area contributed by atoms with Gasteiger partial charge in [0.25, 0.3) is 0 Å². The van der Waals surface area contributed by atoms with Crippen LogP contribution < -0.4 is 5.32 Å². The number of hydrogen-bond acceptors (Lipinski definition) is 2. The standard InChI is InChI=1S/C10H12ClNO/c1-7-6-13-10(12-7)8-2-4-9(11)5-3-8/h2-5,7,10,12H,6H2,1H3. The van der Waals surface area contributed by atoms with Gasteiger partial charge in [-0.2, -0.15) is 0 Å². The maximum Gasteiger partial charge on any atom is 0.134 e. The van der Waals surface area contributed by atoms with E-state index in [1.807, 2.05) is 24.3 Å². The minimum Gasteiger partial charge on any atom is -0.357 e. The molecule has 1 aliphatic heterocycles. The average Bonchev–Trinajstić information content (AvgIpc) is 2.53. The van der Waals surface area contributed by atoms with E-state index in [0.717, 1.165) is 17.2 Å². The lowest BCUT2D eigenvalue weighted by Crippen LogP contribution is -2.22. The maximum absolute atomic E-state index is 5.79. The predicted molar refractivity (Wildman–Crippen MR) is 52.7 cm³/mol. The summed E-state index contributed by atoms with van der Waals surface area (Å²) >= 11 is 5.79. The van der Waals surface area contributed by atoms with Crippen molar-refractivity contribution < 1.29 is 4.74 Å². The van der Waals surface area contributed by atoms with Crippen molar-refractivity contribution in [1.29, 1.82) is 0 Å². The van der Waals surface area contributed by atoms with Crippen molar-refractivity contribution >= 4 is 11.6 Å². The zero-order chi connectivity index (χ0) is 9.26. The van der Waals surface area contributed by atoms with Crippen LogP contribution >= 0.6 is 11.6 Å². The predicted octanol–water partition coefficient (Wildman–Crippen LogP) is 2.35. The van der Waals surface area contributed by atoms with Crippen LogP contribution in [0.2, 0.25) is 5.02 Å². The van der Waals surface area contributed by atoms with Gasteiger partial charge in [0.15, 0.2) is 0 Å². The second kappa shape index (κ2) is 3.66. The van der Waals surface area contributed by atoms with Gasteiger partial charge >= 0.3 is 0 Å². The van der Waals surface area contributed by atoms with Gasteiger partial charge in [0.1, 0.15) is 6.23 Å². The van der Waals surface area contributed by atoms with Gasteiger partial charge in [-0.1, -0.05) is 23.7 Å². The van der Waals surface area contributed by atoms with E-state index in [2.05, 4.69) is 12.2 Å². The van der Waals surface area contributed by atoms with Crippen molar-refractivity contribution in [3.63, 3.8) is 0 Å². The average molecular weight is 198 g/mol. The Hall–Kier alpha value is -0.570. The van der Waals surface area contributed by atoms with Gasteiger partial charge in [-0.25, -0.2) is 0 Å². The third kappa shape index (κ3) is 2.02. The van der Waals surface area contributed by atoms with Crippen LogP contribution in [0.5, 0.6) is 0 Å². The summed E-state index contributed by atoms with van der Waals surface area (Å²) < 4.78 is 5.54. The molecule has 0 amide bonds. The van der Waals surface area contributed by atoms with E-state index in [1.54, 1.807) is 0 Å². The molecule has 3 heteroatoms. The van der Waals surface area contributed by atoms with E-state index in [1.165, 1.54) is 0 Å². The summed E-state index contributed by atoms with van der Waals surface area (Å²) in [7, 11) is 0. The summed E-state index contributed by atoms with van der Waals surface area (Å²) in [5.41, 5.74) is 1.13. The molecule has 1 aliphatic rings. The molecule has 13 heavy (non-hydrogen) atoms. The highest BCUT2D eigenvalue weighted by Crippen LogP contribution is 2.21. The lowest BCUT2D eigenvalue weighted by Gasteiger charge is -2.10. The van der Waals surface area contributed by atoms with Crippen LogP contribution in [0.25, 0.3) is 0 Å². The topological polar surface area (TPSA) is 21.3 Å². The monoisotopic (exact) mass is 197 g/mol. The fourth-order valence-corrected chi connectivity index (χ4v) is 1.55. The molecule has 0 saturated carbocycles. The van der Waals surface area contributed by atoms with Crippen LogP contribution in [0.4, 0.5) is 0 Å². The quantitative estimate of drug-likeness (QED) is 0.746. The Balaban J connectivity index is 2.13. The van der Waals surface area contributed by atoms with E-state index in [9.17, 15) is 0 Å². The molecule has 2 nitrogen and oxygen atoms in total. The van der Waals surface area contributed by atoms with Gasteiger partial charge in [-0.15, -0.1) is 0 Å². The normalized spacial score (nSPS) is 27.8. The summed E-state index contributed by atoms with van der Waals surface area (Å²) in [5.74, 6) is 0. The smallest absolute Gasteiger partial charge is 0.134 e. The molecule has 1 aromatic rings. The molecule has 0 aliphatic carbocycles. The van der Waals surface area contributed by atoms with Gasteiger partial charge in [0.2, 0.25) is 0 Å². The Kier molecular flexibility index (Phi) is 2.54. The lowest BCUT2D eigenvalue weighted by atomic mass is 10.2. The lowest BCUT2D eigenvalue weighted by molar-refractivity contribution is 0.101. The van der Waals surface area contributed by atoms with E-state index >= 15 is 0 Å². The number of halogens is 1. The molecule has 0 bridgehead atoms. The molecule has 1 heterocycles. The molecular formula is C10H12ClNO. The molecule has 2 rings (SSSR count). The minimum atomic E-state index is 0.0345. The second-order valence-corrected chi connectivity index (χ2v) is 3.77. The summed E-state index contributed by atoms with van der Waals surface area (Å²) in [6, 6.07) is 8.16. The third-order valence-electron chi connectivity index (χ3n) is 2.12. The van der Waals surface area contributed by atoms with E-state index < -0.39 is 0 Å². The molecule has 2 atom stereocenters. The Morgan fingerprint density at radius 2 is 2.08 bits per heavy atom. The van der Waals surface area contributed by atoms with Crippen LogP contribution in [-0.4, -0.2) is 12.6 Å². The number of hydrogen-bond donors (Lipinski definition) is 1. The SMILES string of the molecule is CC1COC(c2ccc(Cl)cc2)N1. The number of rotatable bonds is 1. The van der Waals surface area contributed by atoms with Gasteiger partial charge in [0.05, 0.1) is 6.61 Å². The molecule has 0 aromatic heterocycles. The van der Waals surface area contributed by atoms with Crippen molar-refractivity contribution in [3.8, 4) is 0 Å². The molecule has 1 fully saturated rings. The second-order valence-electron chi connectivity index (χ2n) is 3.33. The van der Waals surface area contributed by atoms with Crippen molar-refractivity contribution in [1.82, 2.24) is 5.32 Å². The number of nitrogens with one attached hydrogen (secondary N) is 1. The highest BCUT2D eigenvalue weighted by Gasteiger charge is 2.21. The largest absolute Gasteiger partial charge is 0.357 e. The molecule has 2 unspecified atom stereocenters. The van der Waals surface area contributed by atoms with Crippen molar-refractivity contribution in [3.05, 3.63) is 34.9 Å². The zero-order valence-corrected chi connectivity index (χ0v) is 8.21. The minimum absolute atomic E-state index is 0.0345. The first-order valence-corrected chi connectivity index (χ1v) is 4.76. The summed E-state index contributed by atoms with van der Waals surface area (Å²) in [4.78, 5) is 0. The molecule has 70 valence electrons. The third-order valence-corrected chi connectivity index (χ3v) is 2.37. The number of benzene rings is 1. The molecule has 1 N–H and O–H groups in total. The summed E-state index contributed by atoms with van der Waals surface area (Å²) in [6.07, 6.45) is 0.0345. The van der Waals surface area contributed by atoms with Crippen LogP contribution in [0.15, 0.2) is 24.3 Å². The molecular weight excluding hydrogens is 186 g/mol. The maximum atomic E-state index is 5.79. The van der Waals surface area contributed by atoms with Crippen LogP contribution in [-0.2, 0) is 4.74 Å². The van der Waals surface area contributed by atoms with E-state index in [4.69, 9.17) is 16.3 Å². The van der Waals surface area contributed by atoms with Gasteiger partial charge < -0.3 is 4.74 Å². The highest BCUT2D eigenvalue weighted by molar-refractivity contribution is 6.30. The van der Waals surface area contributed by atoms with Gasteiger partial charge in [-0.3, -0.25) is 5.32 Å². The Morgan fingerprint density at radius 3 is 2.62 bits per heavy atom. The van der Waals surface area contributed by atoms with Crippen LogP contribution in [0.1, 0.15) is 18.7 Å². The van der Waals surface area contributed by atoms with Gasteiger partial charge in [-0.05, 0) is 24.6 Å².